The quantitative estimate of drug-likeness (QED) is 0.772. The first kappa shape index (κ1) is 19.1. The summed E-state index contributed by atoms with van der Waals surface area (Å²) in [5.41, 5.74) is 4.67. The number of sulfonamides is 1. The second-order valence-electron chi connectivity index (χ2n) is 6.84. The number of hydrogen-bond donors (Lipinski definition) is 1. The molecule has 0 atom stereocenters. The van der Waals surface area contributed by atoms with Crippen molar-refractivity contribution in [2.75, 3.05) is 13.1 Å². The van der Waals surface area contributed by atoms with E-state index in [4.69, 9.17) is 0 Å². The molecule has 1 aliphatic rings. The van der Waals surface area contributed by atoms with Gasteiger partial charge < -0.3 is 0 Å². The Labute approximate surface area is 157 Å². The van der Waals surface area contributed by atoms with Crippen molar-refractivity contribution < 1.29 is 8.42 Å². The maximum absolute atomic E-state index is 12.7. The summed E-state index contributed by atoms with van der Waals surface area (Å²) in [5.74, 6) is 0. The minimum Gasteiger partial charge on any atom is -0.300 e. The molecule has 4 nitrogen and oxygen atoms in total. The van der Waals surface area contributed by atoms with Gasteiger partial charge in [0.2, 0.25) is 10.0 Å². The smallest absolute Gasteiger partial charge is 0.240 e. The van der Waals surface area contributed by atoms with Crippen LogP contribution in [-0.4, -0.2) is 26.4 Å². The van der Waals surface area contributed by atoms with E-state index in [9.17, 15) is 8.42 Å². The van der Waals surface area contributed by atoms with Crippen molar-refractivity contribution in [3.63, 3.8) is 0 Å². The first-order valence-electron chi connectivity index (χ1n) is 9.44. The summed E-state index contributed by atoms with van der Waals surface area (Å²) in [6.07, 6.45) is 3.15. The zero-order chi connectivity index (χ0) is 18.6. The molecular weight excluding hydrogens is 344 g/mol. The van der Waals surface area contributed by atoms with Gasteiger partial charge in [0.1, 0.15) is 0 Å². The van der Waals surface area contributed by atoms with Crippen LogP contribution < -0.4 is 4.72 Å². The molecular formula is C21H28N2O2S. The molecule has 0 saturated heterocycles. The maximum atomic E-state index is 12.7. The number of aryl methyl sites for hydroxylation is 2. The standard InChI is InChI=1S/C21H28N2O2S/c1-3-23(4-2)16-20-9-6-5-8-19(20)15-22-26(24,25)21-13-12-17-10-7-11-18(17)14-21/h5-6,8-9,12-14,22H,3-4,7,10-11,15-16H2,1-2H3. The van der Waals surface area contributed by atoms with Crippen LogP contribution >= 0.6 is 0 Å². The first-order chi connectivity index (χ1) is 12.5. The summed E-state index contributed by atoms with van der Waals surface area (Å²) in [4.78, 5) is 2.70. The Kier molecular flexibility index (Phi) is 6.12. The van der Waals surface area contributed by atoms with Gasteiger partial charge >= 0.3 is 0 Å². The molecule has 1 N–H and O–H groups in total. The number of rotatable bonds is 8. The SMILES string of the molecule is CCN(CC)Cc1ccccc1CNS(=O)(=O)c1ccc2c(c1)CCC2. The van der Waals surface area contributed by atoms with Crippen LogP contribution in [0.5, 0.6) is 0 Å². The van der Waals surface area contributed by atoms with Gasteiger partial charge in [0.15, 0.2) is 0 Å². The zero-order valence-corrected chi connectivity index (χ0v) is 16.5. The van der Waals surface area contributed by atoms with Gasteiger partial charge in [-0.15, -0.1) is 0 Å². The van der Waals surface area contributed by atoms with E-state index in [1.165, 1.54) is 16.7 Å². The lowest BCUT2D eigenvalue weighted by Crippen LogP contribution is -2.26. The molecule has 0 heterocycles. The van der Waals surface area contributed by atoms with E-state index in [2.05, 4.69) is 29.5 Å². The lowest BCUT2D eigenvalue weighted by atomic mass is 10.1. The normalized spacial score (nSPS) is 14.0. The minimum absolute atomic E-state index is 0.316. The van der Waals surface area contributed by atoms with Crippen molar-refractivity contribution in [1.82, 2.24) is 9.62 Å². The average Bonchev–Trinajstić information content (AvgIpc) is 3.13. The van der Waals surface area contributed by atoms with E-state index in [1.54, 1.807) is 6.07 Å². The van der Waals surface area contributed by atoms with Crippen LogP contribution in [0.1, 0.15) is 42.5 Å². The monoisotopic (exact) mass is 372 g/mol. The Morgan fingerprint density at radius 3 is 2.38 bits per heavy atom. The van der Waals surface area contributed by atoms with Gasteiger partial charge in [-0.3, -0.25) is 4.90 Å². The lowest BCUT2D eigenvalue weighted by molar-refractivity contribution is 0.295. The third kappa shape index (κ3) is 4.34. The molecule has 0 radical (unpaired) electrons. The molecule has 0 spiro atoms. The van der Waals surface area contributed by atoms with Crippen LogP contribution in [0.15, 0.2) is 47.4 Å². The summed E-state index contributed by atoms with van der Waals surface area (Å²) < 4.78 is 28.2. The van der Waals surface area contributed by atoms with Crippen LogP contribution in [0.25, 0.3) is 0 Å². The Balaban J connectivity index is 1.74. The Morgan fingerprint density at radius 2 is 1.65 bits per heavy atom. The molecule has 0 unspecified atom stereocenters. The second kappa shape index (κ2) is 8.33. The van der Waals surface area contributed by atoms with Gasteiger partial charge in [-0.05, 0) is 66.7 Å². The molecule has 2 aromatic rings. The highest BCUT2D eigenvalue weighted by atomic mass is 32.2. The van der Waals surface area contributed by atoms with Gasteiger partial charge in [-0.1, -0.05) is 44.2 Å². The highest BCUT2D eigenvalue weighted by molar-refractivity contribution is 7.89. The van der Waals surface area contributed by atoms with Gasteiger partial charge in [-0.2, -0.15) is 0 Å². The van der Waals surface area contributed by atoms with Crippen LogP contribution in [0, 0.1) is 0 Å². The molecule has 1 aliphatic carbocycles. The third-order valence-electron chi connectivity index (χ3n) is 5.24. The summed E-state index contributed by atoms with van der Waals surface area (Å²) in [6, 6.07) is 13.6. The molecule has 2 aromatic carbocycles. The Bertz CT molecular complexity index is 858. The van der Waals surface area contributed by atoms with Crippen LogP contribution in [0.3, 0.4) is 0 Å². The number of nitrogens with zero attached hydrogens (tertiary/aromatic N) is 1. The van der Waals surface area contributed by atoms with Gasteiger partial charge in [0.25, 0.3) is 0 Å². The minimum atomic E-state index is -3.50. The van der Waals surface area contributed by atoms with Crippen LogP contribution in [0.4, 0.5) is 0 Å². The van der Waals surface area contributed by atoms with E-state index in [0.717, 1.165) is 44.5 Å². The Morgan fingerprint density at radius 1 is 0.962 bits per heavy atom. The van der Waals surface area contributed by atoms with Crippen molar-refractivity contribution >= 4 is 10.0 Å². The summed E-state index contributed by atoms with van der Waals surface area (Å²) in [5, 5.41) is 0. The highest BCUT2D eigenvalue weighted by Crippen LogP contribution is 2.24. The second-order valence-corrected chi connectivity index (χ2v) is 8.61. The fraction of sp³-hybridized carbons (Fsp3) is 0.429. The first-order valence-corrected chi connectivity index (χ1v) is 10.9. The molecule has 0 fully saturated rings. The van der Waals surface area contributed by atoms with Gasteiger partial charge in [0, 0.05) is 13.1 Å². The molecule has 3 rings (SSSR count). The van der Waals surface area contributed by atoms with Crippen molar-refractivity contribution in [3.8, 4) is 0 Å². The summed E-state index contributed by atoms with van der Waals surface area (Å²) in [7, 11) is -3.50. The van der Waals surface area contributed by atoms with E-state index in [-0.39, 0.29) is 0 Å². The molecule has 26 heavy (non-hydrogen) atoms. The van der Waals surface area contributed by atoms with Gasteiger partial charge in [0.05, 0.1) is 4.90 Å². The number of nitrogens with one attached hydrogen (secondary N) is 1. The van der Waals surface area contributed by atoms with E-state index in [1.807, 2.05) is 30.3 Å². The average molecular weight is 373 g/mol. The molecule has 0 aliphatic heterocycles. The molecule has 0 bridgehead atoms. The lowest BCUT2D eigenvalue weighted by Gasteiger charge is -2.20. The summed E-state index contributed by atoms with van der Waals surface area (Å²) >= 11 is 0. The van der Waals surface area contributed by atoms with Crippen LogP contribution in [0.2, 0.25) is 0 Å². The predicted octanol–water partition coefficient (Wildman–Crippen LogP) is 3.50. The molecule has 0 aromatic heterocycles. The highest BCUT2D eigenvalue weighted by Gasteiger charge is 2.18. The molecule has 0 saturated carbocycles. The number of hydrogen-bond acceptors (Lipinski definition) is 3. The molecule has 0 amide bonds. The maximum Gasteiger partial charge on any atom is 0.240 e. The molecule has 5 heteroatoms. The summed E-state index contributed by atoms with van der Waals surface area (Å²) in [6.45, 7) is 7.39. The van der Waals surface area contributed by atoms with Gasteiger partial charge in [-0.25, -0.2) is 13.1 Å². The Hall–Kier alpha value is -1.69. The fourth-order valence-corrected chi connectivity index (χ4v) is 4.60. The van der Waals surface area contributed by atoms with Crippen molar-refractivity contribution in [3.05, 3.63) is 64.7 Å². The zero-order valence-electron chi connectivity index (χ0n) is 15.7. The largest absolute Gasteiger partial charge is 0.300 e. The predicted molar refractivity (Wildman–Crippen MR) is 106 cm³/mol. The van der Waals surface area contributed by atoms with E-state index >= 15 is 0 Å². The van der Waals surface area contributed by atoms with Crippen molar-refractivity contribution in [2.24, 2.45) is 0 Å². The van der Waals surface area contributed by atoms with E-state index < -0.39 is 10.0 Å². The fourth-order valence-electron chi connectivity index (χ4n) is 3.54. The van der Waals surface area contributed by atoms with Crippen molar-refractivity contribution in [2.45, 2.75) is 51.1 Å². The van der Waals surface area contributed by atoms with E-state index in [0.29, 0.717) is 11.4 Å². The van der Waals surface area contributed by atoms with Crippen molar-refractivity contribution in [1.29, 1.82) is 0 Å². The third-order valence-corrected chi connectivity index (χ3v) is 6.64. The van der Waals surface area contributed by atoms with Crippen LogP contribution in [-0.2, 0) is 36.0 Å². The number of fused-ring (bicyclic) bond motifs is 1. The molecule has 140 valence electrons. The number of benzene rings is 2. The topological polar surface area (TPSA) is 49.4 Å².